The van der Waals surface area contributed by atoms with Crippen LogP contribution in [0.4, 0.5) is 5.69 Å². The number of aromatic nitrogens is 2. The maximum atomic E-state index is 12.4. The van der Waals surface area contributed by atoms with E-state index in [0.717, 1.165) is 23.5 Å². The topological polar surface area (TPSA) is 116 Å². The van der Waals surface area contributed by atoms with Crippen LogP contribution >= 0.6 is 11.3 Å². The maximum absolute atomic E-state index is 12.4. The fraction of sp³-hybridized carbons (Fsp3) is 0.278. The number of amides is 1. The third-order valence-electron chi connectivity index (χ3n) is 4.43. The van der Waals surface area contributed by atoms with Crippen molar-refractivity contribution in [3.8, 4) is 5.75 Å². The summed E-state index contributed by atoms with van der Waals surface area (Å²) in [4.78, 5) is 32.7. The lowest BCUT2D eigenvalue weighted by Gasteiger charge is -2.19. The van der Waals surface area contributed by atoms with Crippen molar-refractivity contribution >= 4 is 33.1 Å². The van der Waals surface area contributed by atoms with Gasteiger partial charge in [-0.3, -0.25) is 9.59 Å². The number of aromatic amines is 1. The van der Waals surface area contributed by atoms with Gasteiger partial charge in [0.1, 0.15) is 17.2 Å². The van der Waals surface area contributed by atoms with Crippen LogP contribution in [0.5, 0.6) is 5.75 Å². The summed E-state index contributed by atoms with van der Waals surface area (Å²) in [7, 11) is 0. The Morgan fingerprint density at radius 2 is 2.30 bits per heavy atom. The largest absolute Gasteiger partial charge is 0.490 e. The van der Waals surface area contributed by atoms with Gasteiger partial charge in [0.05, 0.1) is 17.7 Å². The molecule has 1 amide bonds. The molecule has 140 valence electrons. The van der Waals surface area contributed by atoms with Gasteiger partial charge in [-0.2, -0.15) is 0 Å². The van der Waals surface area contributed by atoms with Crippen molar-refractivity contribution in [1.29, 1.82) is 0 Å². The summed E-state index contributed by atoms with van der Waals surface area (Å²) in [5.41, 5.74) is 2.11. The minimum atomic E-state index is -0.465. The van der Waals surface area contributed by atoms with Crippen molar-refractivity contribution in [2.75, 3.05) is 18.5 Å². The third kappa shape index (κ3) is 3.26. The van der Waals surface area contributed by atoms with Gasteiger partial charge in [-0.05, 0) is 30.2 Å². The molecule has 0 spiro atoms. The van der Waals surface area contributed by atoms with Crippen LogP contribution in [0.3, 0.4) is 0 Å². The quantitative estimate of drug-likeness (QED) is 0.540. The average Bonchev–Trinajstić information content (AvgIpc) is 3.02. The predicted octanol–water partition coefficient (Wildman–Crippen LogP) is 1.52. The summed E-state index contributed by atoms with van der Waals surface area (Å²) in [5, 5.41) is 15.8. The summed E-state index contributed by atoms with van der Waals surface area (Å²) >= 11 is 1.22. The van der Waals surface area contributed by atoms with E-state index < -0.39 is 5.91 Å². The molecule has 1 aliphatic rings. The molecular weight excluding hydrogens is 368 g/mol. The third-order valence-corrected chi connectivity index (χ3v) is 5.60. The Morgan fingerprint density at radius 1 is 1.44 bits per heavy atom. The van der Waals surface area contributed by atoms with E-state index >= 15 is 0 Å². The Kier molecular flexibility index (Phi) is 4.54. The van der Waals surface area contributed by atoms with E-state index in [2.05, 4.69) is 20.6 Å². The van der Waals surface area contributed by atoms with Crippen molar-refractivity contribution in [2.45, 2.75) is 20.1 Å². The first-order chi connectivity index (χ1) is 13.1. The van der Waals surface area contributed by atoms with E-state index in [1.54, 1.807) is 6.92 Å². The molecule has 2 aromatic heterocycles. The van der Waals surface area contributed by atoms with Crippen molar-refractivity contribution in [1.82, 2.24) is 15.3 Å². The molecule has 1 aliphatic heterocycles. The van der Waals surface area contributed by atoms with Gasteiger partial charge in [0.15, 0.2) is 0 Å². The highest BCUT2D eigenvalue weighted by Crippen LogP contribution is 2.28. The van der Waals surface area contributed by atoms with Crippen molar-refractivity contribution in [3.05, 3.63) is 50.4 Å². The summed E-state index contributed by atoms with van der Waals surface area (Å²) in [6.07, 6.45) is 0. The lowest BCUT2D eigenvalue weighted by molar-refractivity contribution is 0.0940. The molecule has 0 aliphatic carbocycles. The fourth-order valence-electron chi connectivity index (χ4n) is 3.01. The summed E-state index contributed by atoms with van der Waals surface area (Å²) in [5.74, 6) is 0.283. The van der Waals surface area contributed by atoms with Crippen LogP contribution in [0.15, 0.2) is 23.0 Å². The van der Waals surface area contributed by atoms with Gasteiger partial charge in [0.25, 0.3) is 11.5 Å². The highest BCUT2D eigenvalue weighted by atomic mass is 32.1. The minimum absolute atomic E-state index is 0.0438. The molecule has 4 N–H and O–H groups in total. The molecule has 0 atom stereocenters. The molecule has 1 aromatic carbocycles. The van der Waals surface area contributed by atoms with E-state index in [1.165, 1.54) is 11.3 Å². The number of carbonyl (C=O) groups excluding carboxylic acids is 1. The molecule has 27 heavy (non-hydrogen) atoms. The molecular formula is C18H18N4O4S. The van der Waals surface area contributed by atoms with Gasteiger partial charge in [-0.15, -0.1) is 11.3 Å². The van der Waals surface area contributed by atoms with Crippen molar-refractivity contribution < 1.29 is 14.6 Å². The molecule has 0 fully saturated rings. The molecule has 0 radical (unpaired) electrons. The Labute approximate surface area is 158 Å². The summed E-state index contributed by atoms with van der Waals surface area (Å²) < 4.78 is 5.53. The van der Waals surface area contributed by atoms with Gasteiger partial charge in [-0.1, -0.05) is 6.07 Å². The highest BCUT2D eigenvalue weighted by molar-refractivity contribution is 7.18. The van der Waals surface area contributed by atoms with Gasteiger partial charge in [-0.25, -0.2) is 4.98 Å². The zero-order valence-corrected chi connectivity index (χ0v) is 15.4. The lowest BCUT2D eigenvalue weighted by atomic mass is 10.1. The number of carbonyl (C=O) groups is 1. The van der Waals surface area contributed by atoms with Crippen molar-refractivity contribution in [3.63, 3.8) is 0 Å². The van der Waals surface area contributed by atoms with E-state index in [4.69, 9.17) is 4.74 Å². The number of anilines is 1. The Hall–Kier alpha value is -2.91. The van der Waals surface area contributed by atoms with Gasteiger partial charge < -0.3 is 25.5 Å². The first kappa shape index (κ1) is 17.5. The molecule has 3 heterocycles. The Bertz CT molecular complexity index is 1090. The van der Waals surface area contributed by atoms with Crippen LogP contribution < -0.4 is 20.9 Å². The van der Waals surface area contributed by atoms with Gasteiger partial charge in [0.2, 0.25) is 5.82 Å². The van der Waals surface area contributed by atoms with Crippen molar-refractivity contribution in [2.24, 2.45) is 0 Å². The number of benzene rings is 1. The number of hydrogen-bond acceptors (Lipinski definition) is 7. The second kappa shape index (κ2) is 7.01. The number of thiophene rings is 1. The van der Waals surface area contributed by atoms with Crippen LogP contribution in [0, 0.1) is 6.92 Å². The number of hydrogen-bond donors (Lipinski definition) is 4. The highest BCUT2D eigenvalue weighted by Gasteiger charge is 2.17. The zero-order valence-electron chi connectivity index (χ0n) is 14.6. The van der Waals surface area contributed by atoms with Gasteiger partial charge in [0, 0.05) is 18.0 Å². The van der Waals surface area contributed by atoms with Gasteiger partial charge >= 0.3 is 0 Å². The zero-order chi connectivity index (χ0) is 19.0. The van der Waals surface area contributed by atoms with E-state index in [0.29, 0.717) is 33.8 Å². The Balaban J connectivity index is 1.54. The first-order valence-electron chi connectivity index (χ1n) is 8.47. The van der Waals surface area contributed by atoms with Crippen LogP contribution in [0.2, 0.25) is 0 Å². The van der Waals surface area contributed by atoms with E-state index in [9.17, 15) is 14.7 Å². The first-order valence-corrected chi connectivity index (χ1v) is 9.29. The van der Waals surface area contributed by atoms with Crippen LogP contribution in [0.1, 0.15) is 26.6 Å². The molecule has 4 rings (SSSR count). The Morgan fingerprint density at radius 3 is 3.11 bits per heavy atom. The molecule has 0 saturated carbocycles. The second-order valence-electron chi connectivity index (χ2n) is 6.19. The number of aliphatic hydroxyl groups is 1. The number of H-pyrrole nitrogens is 1. The number of ether oxygens (including phenoxy) is 1. The number of aryl methyl sites for hydroxylation is 1. The molecule has 9 heteroatoms. The minimum Gasteiger partial charge on any atom is -0.490 e. The lowest BCUT2D eigenvalue weighted by Crippen LogP contribution is -2.27. The predicted molar refractivity (Wildman–Crippen MR) is 102 cm³/mol. The summed E-state index contributed by atoms with van der Waals surface area (Å²) in [6, 6.07) is 5.66. The number of rotatable bonds is 4. The number of aliphatic hydroxyl groups excluding tert-OH is 1. The molecule has 8 nitrogen and oxygen atoms in total. The molecule has 0 unspecified atom stereocenters. The second-order valence-corrected chi connectivity index (χ2v) is 7.28. The normalized spacial score (nSPS) is 13.0. The van der Waals surface area contributed by atoms with E-state index in [-0.39, 0.29) is 18.0 Å². The standard InChI is InChI=1S/C18H18N4O4S/c1-9-13(8-23)27-18-14(9)16(24)21-15(22-18)17(25)20-7-10-2-3-12-11(6-10)19-4-5-26-12/h2-3,6,19,23H,4-5,7-8H2,1H3,(H,20,25)(H,21,22,24). The number of fused-ring (bicyclic) bond motifs is 2. The average molecular weight is 386 g/mol. The maximum Gasteiger partial charge on any atom is 0.287 e. The van der Waals surface area contributed by atoms with Crippen LogP contribution in [-0.2, 0) is 13.2 Å². The SMILES string of the molecule is Cc1c(CO)sc2nc(C(=O)NCc3ccc4c(c3)NCCO4)[nH]c(=O)c12. The smallest absolute Gasteiger partial charge is 0.287 e. The fourth-order valence-corrected chi connectivity index (χ4v) is 4.05. The van der Waals surface area contributed by atoms with Crippen LogP contribution in [0.25, 0.3) is 10.2 Å². The molecule has 3 aromatic rings. The number of nitrogens with one attached hydrogen (secondary N) is 3. The molecule has 0 saturated heterocycles. The monoisotopic (exact) mass is 386 g/mol. The number of nitrogens with zero attached hydrogens (tertiary/aromatic N) is 1. The summed E-state index contributed by atoms with van der Waals surface area (Å²) in [6.45, 7) is 3.26. The van der Waals surface area contributed by atoms with Crippen LogP contribution in [-0.4, -0.2) is 34.1 Å². The van der Waals surface area contributed by atoms with E-state index in [1.807, 2.05) is 18.2 Å². The molecule has 0 bridgehead atoms.